The minimum absolute atomic E-state index is 0.0331. The van der Waals surface area contributed by atoms with E-state index in [9.17, 15) is 9.59 Å². The minimum Gasteiger partial charge on any atom is -0.326 e. The monoisotopic (exact) mass is 424 g/mol. The van der Waals surface area contributed by atoms with E-state index in [-0.39, 0.29) is 17.2 Å². The van der Waals surface area contributed by atoms with E-state index in [1.54, 1.807) is 11.8 Å². The van der Waals surface area contributed by atoms with Crippen LogP contribution in [-0.2, 0) is 16.0 Å². The molecule has 160 valence electrons. The highest BCUT2D eigenvalue weighted by Crippen LogP contribution is 2.43. The maximum Gasteiger partial charge on any atom is 0.238 e. The van der Waals surface area contributed by atoms with Gasteiger partial charge in [0.15, 0.2) is 0 Å². The normalized spacial score (nSPS) is 16.1. The number of unbranched alkanes of at least 4 members (excludes halogenated alkanes) is 3. The van der Waals surface area contributed by atoms with Gasteiger partial charge in [-0.15, -0.1) is 11.8 Å². The van der Waals surface area contributed by atoms with Crippen LogP contribution in [0.15, 0.2) is 48.5 Å². The van der Waals surface area contributed by atoms with E-state index < -0.39 is 0 Å². The molecule has 1 fully saturated rings. The van der Waals surface area contributed by atoms with Crippen LogP contribution in [0.25, 0.3) is 0 Å². The molecule has 0 radical (unpaired) electrons. The number of rotatable bonds is 10. The number of hydrogen-bond acceptors (Lipinski definition) is 3. The van der Waals surface area contributed by atoms with Gasteiger partial charge in [0.05, 0.1) is 5.75 Å². The van der Waals surface area contributed by atoms with Crippen LogP contribution in [-0.4, -0.2) is 17.6 Å². The summed E-state index contributed by atoms with van der Waals surface area (Å²) in [4.78, 5) is 26.8. The average Bonchev–Trinajstić information content (AvgIpc) is 3.14. The summed E-state index contributed by atoms with van der Waals surface area (Å²) in [5.74, 6) is 0.707. The van der Waals surface area contributed by atoms with Crippen LogP contribution in [0.4, 0.5) is 11.4 Å². The molecule has 30 heavy (non-hydrogen) atoms. The summed E-state index contributed by atoms with van der Waals surface area (Å²) in [6.45, 7) is 4.33. The van der Waals surface area contributed by atoms with E-state index in [1.807, 2.05) is 41.3 Å². The molecule has 5 heteroatoms. The Bertz CT molecular complexity index is 850. The van der Waals surface area contributed by atoms with Crippen molar-refractivity contribution in [1.82, 2.24) is 0 Å². The SMILES string of the molecule is CCCCCCC(=O)Nc1ccc([C@H]2SCC(=O)N2c2ccccc2CCC)cc1. The number of carbonyl (C=O) groups is 2. The number of aryl methyl sites for hydroxylation is 1. The molecule has 1 N–H and O–H groups in total. The van der Waals surface area contributed by atoms with Crippen LogP contribution >= 0.6 is 11.8 Å². The van der Waals surface area contributed by atoms with E-state index in [0.29, 0.717) is 12.2 Å². The van der Waals surface area contributed by atoms with Crippen molar-refractivity contribution in [3.05, 3.63) is 59.7 Å². The van der Waals surface area contributed by atoms with Crippen molar-refractivity contribution in [3.63, 3.8) is 0 Å². The Labute approximate surface area is 184 Å². The zero-order chi connectivity index (χ0) is 21.3. The van der Waals surface area contributed by atoms with E-state index in [1.165, 1.54) is 18.4 Å². The molecule has 1 heterocycles. The summed E-state index contributed by atoms with van der Waals surface area (Å²) in [5, 5.41) is 2.95. The van der Waals surface area contributed by atoms with Gasteiger partial charge in [-0.1, -0.05) is 69.9 Å². The van der Waals surface area contributed by atoms with Crippen molar-refractivity contribution >= 4 is 35.0 Å². The minimum atomic E-state index is -0.0331. The molecule has 4 nitrogen and oxygen atoms in total. The molecule has 0 aromatic heterocycles. The summed E-state index contributed by atoms with van der Waals surface area (Å²) < 4.78 is 0. The molecular formula is C25H32N2O2S. The topological polar surface area (TPSA) is 49.4 Å². The van der Waals surface area contributed by atoms with Gasteiger partial charge >= 0.3 is 0 Å². The quantitative estimate of drug-likeness (QED) is 0.454. The number of anilines is 2. The lowest BCUT2D eigenvalue weighted by molar-refractivity contribution is -0.116. The summed E-state index contributed by atoms with van der Waals surface area (Å²) in [5.41, 5.74) is 4.13. The highest BCUT2D eigenvalue weighted by atomic mass is 32.2. The smallest absolute Gasteiger partial charge is 0.238 e. The highest BCUT2D eigenvalue weighted by molar-refractivity contribution is 8.00. The molecular weight excluding hydrogens is 392 g/mol. The maximum absolute atomic E-state index is 12.7. The van der Waals surface area contributed by atoms with Crippen molar-refractivity contribution in [1.29, 1.82) is 0 Å². The predicted molar refractivity (Wildman–Crippen MR) is 127 cm³/mol. The molecule has 0 aliphatic carbocycles. The molecule has 1 saturated heterocycles. The zero-order valence-electron chi connectivity index (χ0n) is 18.0. The summed E-state index contributed by atoms with van der Waals surface area (Å²) in [6.07, 6.45) is 6.96. The van der Waals surface area contributed by atoms with Gasteiger partial charge < -0.3 is 5.32 Å². The van der Waals surface area contributed by atoms with Crippen LogP contribution < -0.4 is 10.2 Å². The van der Waals surface area contributed by atoms with E-state index >= 15 is 0 Å². The predicted octanol–water partition coefficient (Wildman–Crippen LogP) is 6.33. The first-order valence-electron chi connectivity index (χ1n) is 11.1. The molecule has 1 aliphatic rings. The van der Waals surface area contributed by atoms with Crippen LogP contribution in [0.3, 0.4) is 0 Å². The molecule has 1 atom stereocenters. The van der Waals surface area contributed by atoms with Gasteiger partial charge in [0.25, 0.3) is 0 Å². The van der Waals surface area contributed by atoms with Crippen molar-refractivity contribution < 1.29 is 9.59 Å². The van der Waals surface area contributed by atoms with Gasteiger partial charge in [0.1, 0.15) is 5.37 Å². The third kappa shape index (κ3) is 5.66. The van der Waals surface area contributed by atoms with Crippen LogP contribution in [0.5, 0.6) is 0 Å². The molecule has 0 spiro atoms. The molecule has 2 aromatic carbocycles. The lowest BCUT2D eigenvalue weighted by Crippen LogP contribution is -2.28. The Kier molecular flexibility index (Phi) is 8.38. The van der Waals surface area contributed by atoms with Gasteiger partial charge in [-0.2, -0.15) is 0 Å². The lowest BCUT2D eigenvalue weighted by atomic mass is 10.1. The van der Waals surface area contributed by atoms with E-state index in [2.05, 4.69) is 31.3 Å². The van der Waals surface area contributed by atoms with Gasteiger partial charge in [-0.25, -0.2) is 0 Å². The second kappa shape index (κ2) is 11.2. The van der Waals surface area contributed by atoms with Crippen LogP contribution in [0.2, 0.25) is 0 Å². The van der Waals surface area contributed by atoms with Crippen molar-refractivity contribution in [2.24, 2.45) is 0 Å². The molecule has 2 amide bonds. The molecule has 1 aliphatic heterocycles. The Balaban J connectivity index is 1.69. The fourth-order valence-electron chi connectivity index (χ4n) is 3.82. The highest BCUT2D eigenvalue weighted by Gasteiger charge is 2.34. The number of para-hydroxylation sites is 1. The fourth-order valence-corrected chi connectivity index (χ4v) is 4.99. The van der Waals surface area contributed by atoms with Crippen molar-refractivity contribution in [3.8, 4) is 0 Å². The standard InChI is InChI=1S/C25H32N2O2S/c1-3-5-6-7-13-23(28)26-21-16-14-20(15-17-21)25-27(24(29)18-30-25)22-12-9-8-11-19(22)10-4-2/h8-9,11-12,14-17,25H,3-7,10,13,18H2,1-2H3,(H,26,28)/t25-/m1/s1. The Morgan fingerprint density at radius 2 is 1.80 bits per heavy atom. The molecule has 0 saturated carbocycles. The Hall–Kier alpha value is -2.27. The second-order valence-corrected chi connectivity index (χ2v) is 8.86. The first-order chi connectivity index (χ1) is 14.6. The number of benzene rings is 2. The van der Waals surface area contributed by atoms with Crippen LogP contribution in [0.1, 0.15) is 68.9 Å². The fraction of sp³-hybridized carbons (Fsp3) is 0.440. The first-order valence-corrected chi connectivity index (χ1v) is 12.1. The lowest BCUT2D eigenvalue weighted by Gasteiger charge is -2.26. The van der Waals surface area contributed by atoms with Gasteiger partial charge in [0, 0.05) is 17.8 Å². The number of thioether (sulfide) groups is 1. The van der Waals surface area contributed by atoms with Crippen molar-refractivity contribution in [2.45, 2.75) is 64.2 Å². The van der Waals surface area contributed by atoms with E-state index in [4.69, 9.17) is 0 Å². The number of carbonyl (C=O) groups excluding carboxylic acids is 2. The molecule has 0 bridgehead atoms. The van der Waals surface area contributed by atoms with Crippen molar-refractivity contribution in [2.75, 3.05) is 16.0 Å². The first kappa shape index (κ1) is 22.4. The number of amides is 2. The Morgan fingerprint density at radius 3 is 2.53 bits per heavy atom. The summed E-state index contributed by atoms with van der Waals surface area (Å²) in [7, 11) is 0. The molecule has 0 unspecified atom stereocenters. The summed E-state index contributed by atoms with van der Waals surface area (Å²) >= 11 is 1.66. The third-order valence-electron chi connectivity index (χ3n) is 5.38. The third-order valence-corrected chi connectivity index (χ3v) is 6.59. The molecule has 2 aromatic rings. The Morgan fingerprint density at radius 1 is 1.03 bits per heavy atom. The second-order valence-electron chi connectivity index (χ2n) is 7.79. The average molecular weight is 425 g/mol. The van der Waals surface area contributed by atoms with Gasteiger partial charge in [0.2, 0.25) is 11.8 Å². The number of nitrogens with one attached hydrogen (secondary N) is 1. The van der Waals surface area contributed by atoms with E-state index in [0.717, 1.165) is 42.6 Å². The van der Waals surface area contributed by atoms with Gasteiger partial charge in [-0.3, -0.25) is 14.5 Å². The number of nitrogens with zero attached hydrogens (tertiary/aromatic N) is 1. The largest absolute Gasteiger partial charge is 0.326 e. The van der Waals surface area contributed by atoms with Crippen LogP contribution in [0, 0.1) is 0 Å². The maximum atomic E-state index is 12.7. The molecule has 3 rings (SSSR count). The zero-order valence-corrected chi connectivity index (χ0v) is 18.8. The summed E-state index contributed by atoms with van der Waals surface area (Å²) in [6, 6.07) is 16.1. The number of hydrogen-bond donors (Lipinski definition) is 1. The van der Waals surface area contributed by atoms with Gasteiger partial charge in [-0.05, 0) is 42.2 Å².